The van der Waals surface area contributed by atoms with Crippen LogP contribution >= 0.6 is 0 Å². The normalized spacial score (nSPS) is 30.4. The van der Waals surface area contributed by atoms with Crippen molar-refractivity contribution in [2.45, 2.75) is 89.1 Å². The predicted octanol–water partition coefficient (Wildman–Crippen LogP) is 2.91. The van der Waals surface area contributed by atoms with E-state index in [9.17, 15) is 9.59 Å². The van der Waals surface area contributed by atoms with E-state index in [2.05, 4.69) is 10.6 Å². The largest absolute Gasteiger partial charge is 0.353 e. The molecule has 0 aromatic heterocycles. The first-order valence-electron chi connectivity index (χ1n) is 9.35. The summed E-state index contributed by atoms with van der Waals surface area (Å²) in [6.45, 7) is 0. The number of rotatable bonds is 4. The van der Waals surface area contributed by atoms with Gasteiger partial charge in [-0.25, -0.2) is 0 Å². The molecule has 124 valence electrons. The maximum absolute atomic E-state index is 12.4. The van der Waals surface area contributed by atoms with Gasteiger partial charge in [-0.2, -0.15) is 0 Å². The lowest BCUT2D eigenvalue weighted by Crippen LogP contribution is -2.51. The Balaban J connectivity index is 1.45. The van der Waals surface area contributed by atoms with Gasteiger partial charge in [0.15, 0.2) is 0 Å². The minimum atomic E-state index is -0.0782. The molecular weight excluding hydrogens is 276 g/mol. The molecule has 3 saturated carbocycles. The molecule has 2 amide bonds. The highest BCUT2D eigenvalue weighted by molar-refractivity contribution is 5.89. The molecule has 0 radical (unpaired) electrons. The van der Waals surface area contributed by atoms with Crippen LogP contribution in [0.2, 0.25) is 0 Å². The van der Waals surface area contributed by atoms with Crippen molar-refractivity contribution in [1.82, 2.24) is 10.6 Å². The standard InChI is InChI=1S/C18H30N2O2/c21-17(19-13-7-3-1-4-8-13)15-11-12-16(15)18(22)20-14-9-5-2-6-10-14/h13-16H,1-12H2,(H,19,21)(H,20,22). The molecule has 0 heterocycles. The van der Waals surface area contributed by atoms with Gasteiger partial charge in [0, 0.05) is 23.9 Å². The number of hydrogen-bond donors (Lipinski definition) is 2. The molecular formula is C18H30N2O2. The molecule has 2 N–H and O–H groups in total. The van der Waals surface area contributed by atoms with Crippen LogP contribution in [0.5, 0.6) is 0 Å². The second-order valence-corrected chi connectivity index (χ2v) is 7.48. The van der Waals surface area contributed by atoms with Gasteiger partial charge in [-0.1, -0.05) is 38.5 Å². The summed E-state index contributed by atoms with van der Waals surface area (Å²) in [4.78, 5) is 24.8. The summed E-state index contributed by atoms with van der Waals surface area (Å²) in [6, 6.07) is 0.702. The molecule has 0 spiro atoms. The van der Waals surface area contributed by atoms with Gasteiger partial charge in [-0.3, -0.25) is 9.59 Å². The van der Waals surface area contributed by atoms with Gasteiger partial charge in [0.05, 0.1) is 0 Å². The van der Waals surface area contributed by atoms with Crippen LogP contribution in [0, 0.1) is 11.8 Å². The van der Waals surface area contributed by atoms with E-state index in [0.717, 1.165) is 38.5 Å². The fourth-order valence-electron chi connectivity index (χ4n) is 4.24. The van der Waals surface area contributed by atoms with E-state index >= 15 is 0 Å². The summed E-state index contributed by atoms with van der Waals surface area (Å²) in [5.74, 6) is 0.0972. The monoisotopic (exact) mass is 306 g/mol. The summed E-state index contributed by atoms with van der Waals surface area (Å²) >= 11 is 0. The van der Waals surface area contributed by atoms with Crippen LogP contribution in [0.1, 0.15) is 77.0 Å². The highest BCUT2D eigenvalue weighted by Gasteiger charge is 2.42. The van der Waals surface area contributed by atoms with Gasteiger partial charge >= 0.3 is 0 Å². The van der Waals surface area contributed by atoms with Gasteiger partial charge in [-0.05, 0) is 38.5 Å². The fourth-order valence-corrected chi connectivity index (χ4v) is 4.24. The van der Waals surface area contributed by atoms with Crippen LogP contribution in [-0.2, 0) is 9.59 Å². The van der Waals surface area contributed by atoms with Gasteiger partial charge < -0.3 is 10.6 Å². The second-order valence-electron chi connectivity index (χ2n) is 7.48. The van der Waals surface area contributed by atoms with Gasteiger partial charge in [0.1, 0.15) is 0 Å². The van der Waals surface area contributed by atoms with Gasteiger partial charge in [0.2, 0.25) is 11.8 Å². The zero-order chi connectivity index (χ0) is 15.4. The van der Waals surface area contributed by atoms with E-state index in [4.69, 9.17) is 0 Å². The van der Waals surface area contributed by atoms with Crippen molar-refractivity contribution >= 4 is 11.8 Å². The van der Waals surface area contributed by atoms with Crippen molar-refractivity contribution in [2.75, 3.05) is 0 Å². The minimum Gasteiger partial charge on any atom is -0.353 e. The van der Waals surface area contributed by atoms with Crippen molar-refractivity contribution in [3.63, 3.8) is 0 Å². The van der Waals surface area contributed by atoms with Crippen LogP contribution in [0.25, 0.3) is 0 Å². The van der Waals surface area contributed by atoms with Crippen LogP contribution in [-0.4, -0.2) is 23.9 Å². The van der Waals surface area contributed by atoms with Gasteiger partial charge in [-0.15, -0.1) is 0 Å². The molecule has 3 aliphatic rings. The van der Waals surface area contributed by atoms with E-state index < -0.39 is 0 Å². The first-order chi connectivity index (χ1) is 10.7. The number of nitrogens with one attached hydrogen (secondary N) is 2. The van der Waals surface area contributed by atoms with Crippen LogP contribution in [0.4, 0.5) is 0 Å². The molecule has 2 unspecified atom stereocenters. The highest BCUT2D eigenvalue weighted by atomic mass is 16.2. The van der Waals surface area contributed by atoms with Crippen molar-refractivity contribution in [3.05, 3.63) is 0 Å². The smallest absolute Gasteiger partial charge is 0.224 e. The van der Waals surface area contributed by atoms with Gasteiger partial charge in [0.25, 0.3) is 0 Å². The molecule has 0 saturated heterocycles. The molecule has 3 fully saturated rings. The Labute approximate surface area is 133 Å². The Hall–Kier alpha value is -1.06. The first-order valence-corrected chi connectivity index (χ1v) is 9.35. The summed E-state index contributed by atoms with van der Waals surface area (Å²) in [7, 11) is 0. The van der Waals surface area contributed by atoms with Crippen LogP contribution < -0.4 is 10.6 Å². The Morgan fingerprint density at radius 3 is 1.23 bits per heavy atom. The lowest BCUT2D eigenvalue weighted by molar-refractivity contribution is -0.141. The summed E-state index contributed by atoms with van der Waals surface area (Å²) < 4.78 is 0. The third-order valence-corrected chi connectivity index (χ3v) is 5.85. The lowest BCUT2D eigenvalue weighted by Gasteiger charge is -2.37. The topological polar surface area (TPSA) is 58.2 Å². The summed E-state index contributed by atoms with van der Waals surface area (Å²) in [5, 5.41) is 6.38. The third kappa shape index (κ3) is 3.82. The van der Waals surface area contributed by atoms with Crippen LogP contribution in [0.3, 0.4) is 0 Å². The summed E-state index contributed by atoms with van der Waals surface area (Å²) in [5.41, 5.74) is 0. The van der Waals surface area contributed by atoms with E-state index in [1.54, 1.807) is 0 Å². The second kappa shape index (κ2) is 7.47. The van der Waals surface area contributed by atoms with E-state index in [-0.39, 0.29) is 23.7 Å². The molecule has 3 aliphatic carbocycles. The fraction of sp³-hybridized carbons (Fsp3) is 0.889. The molecule has 4 heteroatoms. The average molecular weight is 306 g/mol. The number of carbonyl (C=O) groups is 2. The molecule has 22 heavy (non-hydrogen) atoms. The molecule has 0 aromatic rings. The van der Waals surface area contributed by atoms with Crippen molar-refractivity contribution < 1.29 is 9.59 Å². The number of amides is 2. The zero-order valence-corrected chi connectivity index (χ0v) is 13.6. The Morgan fingerprint density at radius 1 is 0.545 bits per heavy atom. The molecule has 2 atom stereocenters. The SMILES string of the molecule is O=C(NC1CCCCC1)C1CCC1C(=O)NC1CCCCC1. The van der Waals surface area contributed by atoms with E-state index in [1.165, 1.54) is 38.5 Å². The third-order valence-electron chi connectivity index (χ3n) is 5.85. The van der Waals surface area contributed by atoms with E-state index in [0.29, 0.717) is 12.1 Å². The van der Waals surface area contributed by atoms with Crippen molar-refractivity contribution in [2.24, 2.45) is 11.8 Å². The molecule has 4 nitrogen and oxygen atoms in total. The maximum Gasteiger partial charge on any atom is 0.224 e. The Morgan fingerprint density at radius 2 is 0.909 bits per heavy atom. The minimum absolute atomic E-state index is 0.0782. The number of carbonyl (C=O) groups excluding carboxylic acids is 2. The molecule has 3 rings (SSSR count). The molecule has 0 aliphatic heterocycles. The van der Waals surface area contributed by atoms with Crippen molar-refractivity contribution in [3.8, 4) is 0 Å². The predicted molar refractivity (Wildman–Crippen MR) is 86.2 cm³/mol. The summed E-state index contributed by atoms with van der Waals surface area (Å²) in [6.07, 6.45) is 13.7. The Kier molecular flexibility index (Phi) is 5.37. The maximum atomic E-state index is 12.4. The van der Waals surface area contributed by atoms with E-state index in [1.807, 2.05) is 0 Å². The zero-order valence-electron chi connectivity index (χ0n) is 13.6. The van der Waals surface area contributed by atoms with Crippen molar-refractivity contribution in [1.29, 1.82) is 0 Å². The Bertz CT molecular complexity index is 360. The number of hydrogen-bond acceptors (Lipinski definition) is 2. The molecule has 0 bridgehead atoms. The molecule has 0 aromatic carbocycles. The first kappa shape index (κ1) is 15.8. The quantitative estimate of drug-likeness (QED) is 0.839. The highest BCUT2D eigenvalue weighted by Crippen LogP contribution is 2.35. The average Bonchev–Trinajstić information content (AvgIpc) is 2.48. The lowest BCUT2D eigenvalue weighted by atomic mass is 9.72. The van der Waals surface area contributed by atoms with Crippen LogP contribution in [0.15, 0.2) is 0 Å².